The highest BCUT2D eigenvalue weighted by molar-refractivity contribution is 5.37. The number of benzene rings is 1. The molecule has 0 fully saturated rings. The van der Waals surface area contributed by atoms with Gasteiger partial charge in [-0.05, 0) is 37.1 Å². The average Bonchev–Trinajstić information content (AvgIpc) is 2.38. The molecule has 0 aromatic heterocycles. The summed E-state index contributed by atoms with van der Waals surface area (Å²) < 4.78 is 10.2. The Hall–Kier alpha value is -1.10. The Morgan fingerprint density at radius 3 is 2.61 bits per heavy atom. The Labute approximate surface area is 109 Å². The van der Waals surface area contributed by atoms with E-state index in [2.05, 4.69) is 5.32 Å². The van der Waals surface area contributed by atoms with E-state index in [1.54, 1.807) is 14.2 Å². The largest absolute Gasteiger partial charge is 0.496 e. The van der Waals surface area contributed by atoms with E-state index >= 15 is 0 Å². The molecular weight excluding hydrogens is 230 g/mol. The Morgan fingerprint density at radius 2 is 2.06 bits per heavy atom. The number of aryl methyl sites for hydroxylation is 1. The summed E-state index contributed by atoms with van der Waals surface area (Å²) in [6.07, 6.45) is -0.536. The first-order chi connectivity index (χ1) is 8.60. The smallest absolute Gasteiger partial charge is 0.121 e. The monoisotopic (exact) mass is 253 g/mol. The minimum Gasteiger partial charge on any atom is -0.496 e. The number of hydrogen-bond acceptors (Lipinski definition) is 4. The summed E-state index contributed by atoms with van der Waals surface area (Å²) in [6.45, 7) is 5.29. The zero-order chi connectivity index (χ0) is 13.5. The van der Waals surface area contributed by atoms with Crippen molar-refractivity contribution in [1.82, 2.24) is 5.32 Å². The number of nitrogens with one attached hydrogen (secondary N) is 1. The topological polar surface area (TPSA) is 50.7 Å². The van der Waals surface area contributed by atoms with Crippen LogP contribution in [0.25, 0.3) is 0 Å². The maximum atomic E-state index is 10.2. The lowest BCUT2D eigenvalue weighted by molar-refractivity contribution is 0.126. The normalized spacial score (nSPS) is 14.3. The third-order valence-electron chi connectivity index (χ3n) is 3.01. The molecule has 1 aromatic carbocycles. The molecule has 4 nitrogen and oxygen atoms in total. The van der Waals surface area contributed by atoms with Crippen molar-refractivity contribution in [1.29, 1.82) is 0 Å². The van der Waals surface area contributed by atoms with Crippen LogP contribution >= 0.6 is 0 Å². The van der Waals surface area contributed by atoms with Crippen LogP contribution in [-0.4, -0.2) is 38.5 Å². The van der Waals surface area contributed by atoms with E-state index in [-0.39, 0.29) is 6.04 Å². The molecule has 0 heterocycles. The van der Waals surface area contributed by atoms with Crippen molar-refractivity contribution in [2.75, 3.05) is 27.4 Å². The lowest BCUT2D eigenvalue weighted by atomic mass is 10.0. The molecule has 0 amide bonds. The van der Waals surface area contributed by atoms with Crippen molar-refractivity contribution in [3.63, 3.8) is 0 Å². The zero-order valence-electron chi connectivity index (χ0n) is 11.6. The highest BCUT2D eigenvalue weighted by Gasteiger charge is 2.16. The zero-order valence-corrected chi connectivity index (χ0v) is 11.6. The van der Waals surface area contributed by atoms with Gasteiger partial charge in [0.25, 0.3) is 0 Å². The molecule has 0 aliphatic carbocycles. The van der Waals surface area contributed by atoms with E-state index in [1.807, 2.05) is 32.0 Å². The molecule has 2 unspecified atom stereocenters. The molecular formula is C14H23NO3. The molecule has 1 rings (SSSR count). The van der Waals surface area contributed by atoms with Gasteiger partial charge in [0.2, 0.25) is 0 Å². The third-order valence-corrected chi connectivity index (χ3v) is 3.01. The molecule has 2 atom stereocenters. The number of ether oxygens (including phenoxy) is 2. The molecule has 4 heteroatoms. The predicted molar refractivity (Wildman–Crippen MR) is 72.0 cm³/mol. The fourth-order valence-electron chi connectivity index (χ4n) is 1.87. The van der Waals surface area contributed by atoms with Gasteiger partial charge in [0.15, 0.2) is 0 Å². The van der Waals surface area contributed by atoms with Crippen LogP contribution in [0.3, 0.4) is 0 Å². The summed E-state index contributed by atoms with van der Waals surface area (Å²) in [7, 11) is 3.31. The second-order valence-corrected chi connectivity index (χ2v) is 4.41. The van der Waals surface area contributed by atoms with Gasteiger partial charge in [0, 0.05) is 19.7 Å². The number of hydrogen-bond donors (Lipinski definition) is 2. The van der Waals surface area contributed by atoms with Crippen LogP contribution in [0.5, 0.6) is 5.75 Å². The van der Waals surface area contributed by atoms with Crippen molar-refractivity contribution in [2.45, 2.75) is 26.0 Å². The van der Waals surface area contributed by atoms with E-state index in [1.165, 1.54) is 0 Å². The summed E-state index contributed by atoms with van der Waals surface area (Å²) in [6, 6.07) is 5.71. The van der Waals surface area contributed by atoms with Gasteiger partial charge in [-0.2, -0.15) is 0 Å². The summed E-state index contributed by atoms with van der Waals surface area (Å²) in [4.78, 5) is 0. The fourth-order valence-corrected chi connectivity index (χ4v) is 1.87. The molecule has 0 saturated heterocycles. The highest BCUT2D eigenvalue weighted by Crippen LogP contribution is 2.24. The van der Waals surface area contributed by atoms with E-state index in [0.29, 0.717) is 6.61 Å². The van der Waals surface area contributed by atoms with Crippen molar-refractivity contribution in [3.05, 3.63) is 29.3 Å². The first-order valence-corrected chi connectivity index (χ1v) is 6.15. The summed E-state index contributed by atoms with van der Waals surface area (Å²) in [5.74, 6) is 0.839. The quantitative estimate of drug-likeness (QED) is 0.726. The number of aliphatic hydroxyl groups is 1. The molecule has 0 aliphatic heterocycles. The molecule has 0 aliphatic rings. The molecule has 18 heavy (non-hydrogen) atoms. The first-order valence-electron chi connectivity index (χ1n) is 6.15. The van der Waals surface area contributed by atoms with Gasteiger partial charge in [-0.1, -0.05) is 6.07 Å². The van der Waals surface area contributed by atoms with Crippen molar-refractivity contribution in [2.24, 2.45) is 0 Å². The van der Waals surface area contributed by atoms with Crippen LogP contribution in [0.4, 0.5) is 0 Å². The SMILES string of the molecule is COCCNC(C)C(O)c1ccc(OC)c(C)c1. The molecule has 102 valence electrons. The first kappa shape index (κ1) is 15.0. The lowest BCUT2D eigenvalue weighted by Crippen LogP contribution is -2.34. The summed E-state index contributed by atoms with van der Waals surface area (Å²) in [5.41, 5.74) is 1.92. The van der Waals surface area contributed by atoms with Crippen LogP contribution in [0.1, 0.15) is 24.2 Å². The molecule has 2 N–H and O–H groups in total. The van der Waals surface area contributed by atoms with Crippen molar-refractivity contribution < 1.29 is 14.6 Å². The Morgan fingerprint density at radius 1 is 1.33 bits per heavy atom. The van der Waals surface area contributed by atoms with Gasteiger partial charge in [-0.15, -0.1) is 0 Å². The summed E-state index contributed by atoms with van der Waals surface area (Å²) in [5, 5.41) is 13.5. The molecule has 0 spiro atoms. The highest BCUT2D eigenvalue weighted by atomic mass is 16.5. The fraction of sp³-hybridized carbons (Fsp3) is 0.571. The molecule has 1 aromatic rings. The van der Waals surface area contributed by atoms with Gasteiger partial charge in [-0.3, -0.25) is 0 Å². The molecule has 0 radical (unpaired) electrons. The number of aliphatic hydroxyl groups excluding tert-OH is 1. The van der Waals surface area contributed by atoms with E-state index < -0.39 is 6.10 Å². The van der Waals surface area contributed by atoms with Crippen molar-refractivity contribution in [3.8, 4) is 5.75 Å². The van der Waals surface area contributed by atoms with Crippen LogP contribution < -0.4 is 10.1 Å². The van der Waals surface area contributed by atoms with E-state index in [0.717, 1.165) is 23.4 Å². The Balaban J connectivity index is 2.65. The van der Waals surface area contributed by atoms with Gasteiger partial charge >= 0.3 is 0 Å². The van der Waals surface area contributed by atoms with Crippen LogP contribution in [-0.2, 0) is 4.74 Å². The van der Waals surface area contributed by atoms with E-state index in [9.17, 15) is 5.11 Å². The molecule has 0 bridgehead atoms. The predicted octanol–water partition coefficient (Wildman–Crippen LogP) is 1.66. The average molecular weight is 253 g/mol. The van der Waals surface area contributed by atoms with Crippen LogP contribution in [0, 0.1) is 6.92 Å². The molecule has 0 saturated carbocycles. The van der Waals surface area contributed by atoms with Gasteiger partial charge in [0.1, 0.15) is 5.75 Å². The number of methoxy groups -OCH3 is 2. The summed E-state index contributed by atoms with van der Waals surface area (Å²) >= 11 is 0. The van der Waals surface area contributed by atoms with Gasteiger partial charge in [0.05, 0.1) is 19.8 Å². The standard InChI is InChI=1S/C14H23NO3/c1-10-9-12(5-6-13(10)18-4)14(16)11(2)15-7-8-17-3/h5-6,9,11,14-16H,7-8H2,1-4H3. The number of rotatable bonds is 7. The lowest BCUT2D eigenvalue weighted by Gasteiger charge is -2.21. The maximum Gasteiger partial charge on any atom is 0.121 e. The Kier molecular flexibility index (Phi) is 6.12. The minimum atomic E-state index is -0.536. The van der Waals surface area contributed by atoms with Crippen LogP contribution in [0.15, 0.2) is 18.2 Å². The third kappa shape index (κ3) is 3.98. The second-order valence-electron chi connectivity index (χ2n) is 4.41. The van der Waals surface area contributed by atoms with Crippen LogP contribution in [0.2, 0.25) is 0 Å². The Bertz CT molecular complexity index is 368. The minimum absolute atomic E-state index is 0.0204. The van der Waals surface area contributed by atoms with Gasteiger partial charge in [-0.25, -0.2) is 0 Å². The maximum absolute atomic E-state index is 10.2. The van der Waals surface area contributed by atoms with Gasteiger partial charge < -0.3 is 19.9 Å². The van der Waals surface area contributed by atoms with Crippen molar-refractivity contribution >= 4 is 0 Å². The second kappa shape index (κ2) is 7.36. The van der Waals surface area contributed by atoms with E-state index in [4.69, 9.17) is 9.47 Å².